The Hall–Kier alpha value is -1.07. The Bertz CT molecular complexity index is 555. The number of nitrogens with one attached hydrogen (secondary N) is 1. The van der Waals surface area contributed by atoms with Crippen LogP contribution in [0, 0.1) is 5.41 Å². The predicted molar refractivity (Wildman–Crippen MR) is 82.1 cm³/mol. The number of amides is 1. The van der Waals surface area contributed by atoms with Crippen LogP contribution in [0.3, 0.4) is 0 Å². The normalized spacial score (nSPS) is 12.1. The Morgan fingerprint density at radius 1 is 1.25 bits per heavy atom. The van der Waals surface area contributed by atoms with E-state index in [4.69, 9.17) is 11.6 Å². The molecule has 0 radical (unpaired) electrons. The SMILES string of the molecule is CC(C)(NC(=O)c1ccc(Cl)cc1Br)C(C)(C)C(=O)O. The first-order valence-electron chi connectivity index (χ1n) is 6.00. The molecule has 0 aliphatic heterocycles. The molecule has 0 aliphatic carbocycles. The van der Waals surface area contributed by atoms with Crippen LogP contribution in [0.5, 0.6) is 0 Å². The first-order valence-corrected chi connectivity index (χ1v) is 7.17. The lowest BCUT2D eigenvalue weighted by atomic mass is 9.74. The van der Waals surface area contributed by atoms with Gasteiger partial charge in [-0.05, 0) is 61.8 Å². The van der Waals surface area contributed by atoms with E-state index in [2.05, 4.69) is 21.2 Å². The number of carbonyl (C=O) groups excluding carboxylic acids is 1. The highest BCUT2D eigenvalue weighted by Gasteiger charge is 2.44. The molecular weight excluding hydrogens is 346 g/mol. The fraction of sp³-hybridized carbons (Fsp3) is 0.429. The van der Waals surface area contributed by atoms with Crippen molar-refractivity contribution in [1.29, 1.82) is 0 Å². The Labute approximate surface area is 131 Å². The van der Waals surface area contributed by atoms with Gasteiger partial charge in [-0.3, -0.25) is 9.59 Å². The highest BCUT2D eigenvalue weighted by Crippen LogP contribution is 2.31. The van der Waals surface area contributed by atoms with Crippen molar-refractivity contribution in [1.82, 2.24) is 5.32 Å². The van der Waals surface area contributed by atoms with Crippen LogP contribution in [-0.4, -0.2) is 22.5 Å². The van der Waals surface area contributed by atoms with Crippen molar-refractivity contribution >= 4 is 39.4 Å². The molecule has 1 amide bonds. The molecule has 1 aromatic rings. The Kier molecular flexibility index (Phi) is 4.87. The van der Waals surface area contributed by atoms with E-state index in [1.165, 1.54) is 0 Å². The maximum absolute atomic E-state index is 12.3. The summed E-state index contributed by atoms with van der Waals surface area (Å²) in [4.78, 5) is 23.6. The summed E-state index contributed by atoms with van der Waals surface area (Å²) < 4.78 is 0.562. The summed E-state index contributed by atoms with van der Waals surface area (Å²) in [6.07, 6.45) is 0. The van der Waals surface area contributed by atoms with Gasteiger partial charge in [-0.2, -0.15) is 0 Å². The molecule has 0 saturated heterocycles. The molecule has 1 aromatic carbocycles. The Morgan fingerprint density at radius 2 is 1.80 bits per heavy atom. The average Bonchev–Trinajstić information content (AvgIpc) is 2.27. The number of carboxylic acid groups (broad SMARTS) is 1. The molecule has 1 rings (SSSR count). The van der Waals surface area contributed by atoms with Gasteiger partial charge in [0.25, 0.3) is 5.91 Å². The lowest BCUT2D eigenvalue weighted by Gasteiger charge is -2.38. The summed E-state index contributed by atoms with van der Waals surface area (Å²) in [5.74, 6) is -1.33. The van der Waals surface area contributed by atoms with Gasteiger partial charge >= 0.3 is 5.97 Å². The maximum atomic E-state index is 12.3. The number of hydrogen-bond acceptors (Lipinski definition) is 2. The molecular formula is C14H17BrClNO3. The van der Waals surface area contributed by atoms with Crippen molar-refractivity contribution in [3.05, 3.63) is 33.3 Å². The minimum Gasteiger partial charge on any atom is -0.481 e. The van der Waals surface area contributed by atoms with E-state index in [-0.39, 0.29) is 5.91 Å². The second-order valence-electron chi connectivity index (χ2n) is 5.63. The van der Waals surface area contributed by atoms with E-state index in [1.807, 2.05) is 0 Å². The molecule has 0 spiro atoms. The molecule has 110 valence electrons. The van der Waals surface area contributed by atoms with Gasteiger partial charge in [-0.1, -0.05) is 11.6 Å². The first kappa shape index (κ1) is 17.0. The number of benzene rings is 1. The molecule has 0 saturated carbocycles. The second-order valence-corrected chi connectivity index (χ2v) is 6.92. The van der Waals surface area contributed by atoms with Gasteiger partial charge < -0.3 is 10.4 Å². The van der Waals surface area contributed by atoms with E-state index >= 15 is 0 Å². The van der Waals surface area contributed by atoms with Crippen LogP contribution in [0.4, 0.5) is 0 Å². The summed E-state index contributed by atoms with van der Waals surface area (Å²) in [5.41, 5.74) is -1.63. The van der Waals surface area contributed by atoms with E-state index < -0.39 is 16.9 Å². The number of carbonyl (C=O) groups is 2. The largest absolute Gasteiger partial charge is 0.481 e. The molecule has 2 N–H and O–H groups in total. The fourth-order valence-corrected chi connectivity index (χ4v) is 2.31. The molecule has 0 bridgehead atoms. The Balaban J connectivity index is 3.03. The zero-order valence-corrected chi connectivity index (χ0v) is 14.1. The van der Waals surface area contributed by atoms with Crippen LogP contribution >= 0.6 is 27.5 Å². The van der Waals surface area contributed by atoms with Crippen LogP contribution in [0.15, 0.2) is 22.7 Å². The highest BCUT2D eigenvalue weighted by atomic mass is 79.9. The smallest absolute Gasteiger partial charge is 0.311 e. The predicted octanol–water partition coefficient (Wildman–Crippen LogP) is 3.72. The zero-order chi connectivity index (χ0) is 15.7. The van der Waals surface area contributed by atoms with E-state index in [1.54, 1.807) is 45.9 Å². The van der Waals surface area contributed by atoms with Crippen molar-refractivity contribution in [2.45, 2.75) is 33.2 Å². The number of halogens is 2. The molecule has 0 atom stereocenters. The average molecular weight is 363 g/mol. The van der Waals surface area contributed by atoms with Crippen molar-refractivity contribution in [2.75, 3.05) is 0 Å². The lowest BCUT2D eigenvalue weighted by molar-refractivity contribution is -0.150. The molecule has 0 aromatic heterocycles. The lowest BCUT2D eigenvalue weighted by Crippen LogP contribution is -2.57. The summed E-state index contributed by atoms with van der Waals surface area (Å²) in [6, 6.07) is 4.81. The van der Waals surface area contributed by atoms with Gasteiger partial charge in [-0.15, -0.1) is 0 Å². The molecule has 0 unspecified atom stereocenters. The third-order valence-corrected chi connectivity index (χ3v) is 4.59. The second kappa shape index (κ2) is 5.74. The molecule has 0 fully saturated rings. The zero-order valence-electron chi connectivity index (χ0n) is 11.8. The van der Waals surface area contributed by atoms with Gasteiger partial charge in [0.2, 0.25) is 0 Å². The third kappa shape index (κ3) is 3.33. The molecule has 0 aliphatic rings. The minimum absolute atomic E-state index is 0.354. The van der Waals surface area contributed by atoms with Crippen molar-refractivity contribution in [3.8, 4) is 0 Å². The van der Waals surface area contributed by atoms with Gasteiger partial charge in [0.05, 0.1) is 16.5 Å². The van der Waals surface area contributed by atoms with Crippen LogP contribution in [-0.2, 0) is 4.79 Å². The standard InChI is InChI=1S/C14H17BrClNO3/c1-13(2,12(19)20)14(3,4)17-11(18)9-6-5-8(16)7-10(9)15/h5-7H,1-4H3,(H,17,18)(H,19,20). The van der Waals surface area contributed by atoms with E-state index in [0.717, 1.165) is 0 Å². The van der Waals surface area contributed by atoms with Gasteiger partial charge in [-0.25, -0.2) is 0 Å². The van der Waals surface area contributed by atoms with E-state index in [9.17, 15) is 14.7 Å². The van der Waals surface area contributed by atoms with Gasteiger partial charge in [0.15, 0.2) is 0 Å². The van der Waals surface area contributed by atoms with Crippen molar-refractivity contribution in [3.63, 3.8) is 0 Å². The van der Waals surface area contributed by atoms with Crippen LogP contribution in [0.25, 0.3) is 0 Å². The van der Waals surface area contributed by atoms with Gasteiger partial charge in [0.1, 0.15) is 0 Å². The Morgan fingerprint density at radius 3 is 2.25 bits per heavy atom. The van der Waals surface area contributed by atoms with Crippen molar-refractivity contribution in [2.24, 2.45) is 5.41 Å². The van der Waals surface area contributed by atoms with Crippen LogP contribution in [0.2, 0.25) is 5.02 Å². The number of aliphatic carboxylic acids is 1. The van der Waals surface area contributed by atoms with Crippen LogP contribution in [0.1, 0.15) is 38.1 Å². The molecule has 6 heteroatoms. The maximum Gasteiger partial charge on any atom is 0.311 e. The summed E-state index contributed by atoms with van der Waals surface area (Å²) in [5, 5.41) is 12.5. The topological polar surface area (TPSA) is 66.4 Å². The number of hydrogen-bond donors (Lipinski definition) is 2. The van der Waals surface area contributed by atoms with E-state index in [0.29, 0.717) is 15.1 Å². The summed E-state index contributed by atoms with van der Waals surface area (Å²) in [6.45, 7) is 6.52. The monoisotopic (exact) mass is 361 g/mol. The molecule has 4 nitrogen and oxygen atoms in total. The summed E-state index contributed by atoms with van der Waals surface area (Å²) >= 11 is 9.10. The van der Waals surface area contributed by atoms with Crippen LogP contribution < -0.4 is 5.32 Å². The fourth-order valence-electron chi connectivity index (χ4n) is 1.45. The molecule has 20 heavy (non-hydrogen) atoms. The highest BCUT2D eigenvalue weighted by molar-refractivity contribution is 9.10. The molecule has 0 heterocycles. The summed E-state index contributed by atoms with van der Waals surface area (Å²) in [7, 11) is 0. The first-order chi connectivity index (χ1) is 8.99. The minimum atomic E-state index is -1.11. The number of carboxylic acids is 1. The number of rotatable bonds is 4. The third-order valence-electron chi connectivity index (χ3n) is 3.70. The quantitative estimate of drug-likeness (QED) is 0.858. The van der Waals surface area contributed by atoms with Crippen molar-refractivity contribution < 1.29 is 14.7 Å². The van der Waals surface area contributed by atoms with Gasteiger partial charge in [0, 0.05) is 9.50 Å².